The number of benzene rings is 1. The van der Waals surface area contributed by atoms with Crippen molar-refractivity contribution in [3.63, 3.8) is 0 Å². The predicted molar refractivity (Wildman–Crippen MR) is 62.4 cm³/mol. The average Bonchev–Trinajstić information content (AvgIpc) is 2.48. The zero-order chi connectivity index (χ0) is 10.9. The average molecular weight is 222 g/mol. The van der Waals surface area contributed by atoms with E-state index in [0.717, 1.165) is 5.56 Å². The fraction of sp³-hybridized carbons (Fsp3) is 0.273. The molecule has 1 aliphatic rings. The molecule has 15 heavy (non-hydrogen) atoms. The normalized spacial score (nSPS) is 18.5. The second-order valence-electron chi connectivity index (χ2n) is 3.75. The van der Waals surface area contributed by atoms with Gasteiger partial charge in [-0.1, -0.05) is 30.3 Å². The van der Waals surface area contributed by atoms with Crippen LogP contribution in [0.4, 0.5) is 0 Å². The van der Waals surface area contributed by atoms with Gasteiger partial charge in [-0.3, -0.25) is 4.57 Å². The van der Waals surface area contributed by atoms with Gasteiger partial charge in [-0.05, 0) is 5.56 Å². The topological polar surface area (TPSA) is 23.6 Å². The first-order valence-electron chi connectivity index (χ1n) is 4.91. The molecule has 1 aromatic rings. The van der Waals surface area contributed by atoms with Crippen molar-refractivity contribution in [2.45, 2.75) is 6.16 Å². The van der Waals surface area contributed by atoms with E-state index < -0.39 is 7.44 Å². The molecule has 0 N–H and O–H groups in total. The van der Waals surface area contributed by atoms with E-state index in [0.29, 0.717) is 6.16 Å². The van der Waals surface area contributed by atoms with Crippen LogP contribution in [0, 0.1) is 0 Å². The van der Waals surface area contributed by atoms with Gasteiger partial charge in [0, 0.05) is 26.5 Å². The van der Waals surface area contributed by atoms with Gasteiger partial charge in [-0.15, -0.1) is 0 Å². The van der Waals surface area contributed by atoms with Gasteiger partial charge in [0.05, 0.1) is 6.16 Å². The summed E-state index contributed by atoms with van der Waals surface area (Å²) in [5.41, 5.74) is 1.11. The first-order chi connectivity index (χ1) is 7.13. The van der Waals surface area contributed by atoms with E-state index in [2.05, 4.69) is 0 Å². The first-order valence-corrected chi connectivity index (χ1v) is 6.70. The van der Waals surface area contributed by atoms with E-state index >= 15 is 0 Å². The molecule has 0 amide bonds. The Bertz CT molecular complexity index is 400. The highest BCUT2D eigenvalue weighted by Gasteiger charge is 2.33. The second-order valence-corrected chi connectivity index (χ2v) is 6.66. The molecule has 0 saturated heterocycles. The van der Waals surface area contributed by atoms with Crippen molar-refractivity contribution < 1.29 is 4.57 Å². The van der Waals surface area contributed by atoms with E-state index in [1.165, 1.54) is 0 Å². The lowest BCUT2D eigenvalue weighted by atomic mass is 10.2. The van der Waals surface area contributed by atoms with Gasteiger partial charge >= 0.3 is 0 Å². The van der Waals surface area contributed by atoms with Crippen molar-refractivity contribution in [1.29, 1.82) is 0 Å². The maximum absolute atomic E-state index is 12.6. The summed E-state index contributed by atoms with van der Waals surface area (Å²) in [4.78, 5) is 0. The molecule has 1 aliphatic heterocycles. The van der Waals surface area contributed by atoms with Gasteiger partial charge in [0.1, 0.15) is 0 Å². The summed E-state index contributed by atoms with van der Waals surface area (Å²) in [7, 11) is 1.31. The number of nitrogens with zero attached hydrogens (tertiary/aromatic N) is 2. The standard InChI is InChI=1S/C11H15N2OP/c1-12-8-9-13(2)15(12,14)10-11-6-4-3-5-7-11/h3-9H,10H2,1-2H3. The maximum atomic E-state index is 12.6. The van der Waals surface area contributed by atoms with E-state index in [1.54, 1.807) is 0 Å². The highest BCUT2D eigenvalue weighted by atomic mass is 31.2. The molecular formula is C11H15N2OP. The number of rotatable bonds is 2. The fourth-order valence-corrected chi connectivity index (χ4v) is 3.78. The Kier molecular flexibility index (Phi) is 2.57. The molecule has 1 heterocycles. The van der Waals surface area contributed by atoms with Gasteiger partial charge in [0.25, 0.3) is 7.44 Å². The molecule has 3 nitrogen and oxygen atoms in total. The van der Waals surface area contributed by atoms with Gasteiger partial charge < -0.3 is 9.34 Å². The quantitative estimate of drug-likeness (QED) is 0.719. The largest absolute Gasteiger partial charge is 0.315 e. The van der Waals surface area contributed by atoms with Crippen molar-refractivity contribution >= 4 is 7.44 Å². The maximum Gasteiger partial charge on any atom is 0.265 e. The molecule has 0 spiro atoms. The molecule has 0 saturated carbocycles. The Labute approximate surface area is 90.5 Å². The molecule has 1 aromatic carbocycles. The first kappa shape index (κ1) is 10.3. The fourth-order valence-electron chi connectivity index (χ4n) is 1.67. The molecule has 0 atom stereocenters. The summed E-state index contributed by atoms with van der Waals surface area (Å²) in [6.07, 6.45) is 4.32. The van der Waals surface area contributed by atoms with Crippen LogP contribution in [0.15, 0.2) is 42.7 Å². The minimum atomic E-state index is -2.42. The third-order valence-electron chi connectivity index (χ3n) is 2.72. The minimum absolute atomic E-state index is 0.591. The predicted octanol–water partition coefficient (Wildman–Crippen LogP) is 2.73. The van der Waals surface area contributed by atoms with Gasteiger partial charge in [0.15, 0.2) is 0 Å². The molecule has 0 aromatic heterocycles. The Morgan fingerprint density at radius 3 is 2.13 bits per heavy atom. The molecule has 0 unspecified atom stereocenters. The summed E-state index contributed by atoms with van der Waals surface area (Å²) in [5, 5.41) is 0. The Morgan fingerprint density at radius 2 is 1.60 bits per heavy atom. The monoisotopic (exact) mass is 222 g/mol. The number of hydrogen-bond donors (Lipinski definition) is 0. The lowest BCUT2D eigenvalue weighted by molar-refractivity contribution is 0.497. The lowest BCUT2D eigenvalue weighted by Gasteiger charge is -2.27. The molecule has 80 valence electrons. The van der Waals surface area contributed by atoms with Crippen LogP contribution < -0.4 is 0 Å². The van der Waals surface area contributed by atoms with Crippen molar-refractivity contribution in [3.8, 4) is 0 Å². The third-order valence-corrected chi connectivity index (χ3v) is 5.73. The highest BCUT2D eigenvalue weighted by molar-refractivity contribution is 7.58. The van der Waals surface area contributed by atoms with Gasteiger partial charge in [0.2, 0.25) is 0 Å². The molecule has 2 rings (SSSR count). The van der Waals surface area contributed by atoms with E-state index in [4.69, 9.17) is 0 Å². The molecule has 0 aliphatic carbocycles. The van der Waals surface area contributed by atoms with Gasteiger partial charge in [-0.25, -0.2) is 0 Å². The summed E-state index contributed by atoms with van der Waals surface area (Å²) in [6, 6.07) is 9.95. The SMILES string of the molecule is CN1C=CN(C)P1(=O)Cc1ccccc1. The smallest absolute Gasteiger partial charge is 0.265 e. The summed E-state index contributed by atoms with van der Waals surface area (Å²) in [6.45, 7) is 0. The van der Waals surface area contributed by atoms with Crippen LogP contribution in [-0.4, -0.2) is 23.4 Å². The lowest BCUT2D eigenvalue weighted by Crippen LogP contribution is -2.14. The molecule has 0 fully saturated rings. The van der Waals surface area contributed by atoms with Crippen molar-refractivity contribution in [2.75, 3.05) is 14.1 Å². The Hall–Kier alpha value is -1.21. The summed E-state index contributed by atoms with van der Waals surface area (Å²) in [5.74, 6) is 0. The molecular weight excluding hydrogens is 207 g/mol. The van der Waals surface area contributed by atoms with Gasteiger partial charge in [-0.2, -0.15) is 0 Å². The van der Waals surface area contributed by atoms with Crippen molar-refractivity contribution in [3.05, 3.63) is 48.3 Å². The highest BCUT2D eigenvalue weighted by Crippen LogP contribution is 2.57. The van der Waals surface area contributed by atoms with E-state index in [-0.39, 0.29) is 0 Å². The van der Waals surface area contributed by atoms with Crippen LogP contribution in [0.2, 0.25) is 0 Å². The van der Waals surface area contributed by atoms with Crippen LogP contribution in [0.3, 0.4) is 0 Å². The third kappa shape index (κ3) is 1.80. The minimum Gasteiger partial charge on any atom is -0.315 e. The molecule has 4 heteroatoms. The molecule has 0 radical (unpaired) electrons. The Balaban J connectivity index is 2.22. The van der Waals surface area contributed by atoms with E-state index in [1.807, 2.05) is 66.2 Å². The Morgan fingerprint density at radius 1 is 1.07 bits per heavy atom. The number of hydrogen-bond acceptors (Lipinski definition) is 1. The summed E-state index contributed by atoms with van der Waals surface area (Å²) >= 11 is 0. The molecule has 0 bridgehead atoms. The van der Waals surface area contributed by atoms with Crippen LogP contribution in [-0.2, 0) is 10.7 Å². The van der Waals surface area contributed by atoms with Crippen molar-refractivity contribution in [2.24, 2.45) is 0 Å². The van der Waals surface area contributed by atoms with Crippen LogP contribution >= 0.6 is 7.44 Å². The van der Waals surface area contributed by atoms with Crippen LogP contribution in [0.5, 0.6) is 0 Å². The second kappa shape index (κ2) is 3.74. The van der Waals surface area contributed by atoms with Crippen LogP contribution in [0.1, 0.15) is 5.56 Å². The summed E-state index contributed by atoms with van der Waals surface area (Å²) < 4.78 is 16.3. The van der Waals surface area contributed by atoms with E-state index in [9.17, 15) is 4.57 Å². The van der Waals surface area contributed by atoms with Crippen molar-refractivity contribution in [1.82, 2.24) is 9.34 Å². The zero-order valence-electron chi connectivity index (χ0n) is 9.00. The zero-order valence-corrected chi connectivity index (χ0v) is 9.89. The van der Waals surface area contributed by atoms with Crippen LogP contribution in [0.25, 0.3) is 0 Å².